The molecule has 3 rings (SSSR count). The van der Waals surface area contributed by atoms with Crippen molar-refractivity contribution in [3.8, 4) is 0 Å². The van der Waals surface area contributed by atoms with Gasteiger partial charge in [-0.05, 0) is 49.1 Å². The monoisotopic (exact) mass is 431 g/mol. The van der Waals surface area contributed by atoms with E-state index in [9.17, 15) is 8.42 Å². The summed E-state index contributed by atoms with van der Waals surface area (Å²) in [5.74, 6) is 2.71. The molecule has 1 atom stereocenters. The van der Waals surface area contributed by atoms with Crippen molar-refractivity contribution in [3.63, 3.8) is 0 Å². The third kappa shape index (κ3) is 6.51. The molecular formula is C22H29N3O2S2. The first kappa shape index (κ1) is 21.7. The summed E-state index contributed by atoms with van der Waals surface area (Å²) in [4.78, 5) is 8.79. The van der Waals surface area contributed by atoms with Crippen LogP contribution in [0.25, 0.3) is 0 Å². The van der Waals surface area contributed by atoms with Gasteiger partial charge in [0.25, 0.3) is 0 Å². The van der Waals surface area contributed by atoms with E-state index in [0.717, 1.165) is 36.9 Å². The zero-order valence-corrected chi connectivity index (χ0v) is 18.7. The van der Waals surface area contributed by atoms with E-state index in [-0.39, 0.29) is 0 Å². The van der Waals surface area contributed by atoms with Crippen LogP contribution in [0, 0.1) is 5.92 Å². The number of aliphatic imine (C=N–C) groups is 1. The molecule has 1 fully saturated rings. The number of nitrogens with zero attached hydrogens (tertiary/aromatic N) is 2. The number of likely N-dealkylation sites (tertiary alicyclic amines) is 1. The summed E-state index contributed by atoms with van der Waals surface area (Å²) in [6.45, 7) is 5.46. The summed E-state index contributed by atoms with van der Waals surface area (Å²) in [5, 5.41) is 3.40. The first-order valence-corrected chi connectivity index (χ1v) is 12.8. The van der Waals surface area contributed by atoms with Gasteiger partial charge < -0.3 is 10.2 Å². The molecule has 1 saturated heterocycles. The minimum atomic E-state index is -3.16. The van der Waals surface area contributed by atoms with E-state index in [1.54, 1.807) is 12.1 Å². The molecule has 5 nitrogen and oxygen atoms in total. The molecule has 7 heteroatoms. The Hall–Kier alpha value is -1.99. The fourth-order valence-corrected chi connectivity index (χ4v) is 5.01. The van der Waals surface area contributed by atoms with Gasteiger partial charge in [0.05, 0.1) is 11.4 Å². The number of hydrogen-bond donors (Lipinski definition) is 1. The van der Waals surface area contributed by atoms with E-state index < -0.39 is 9.84 Å². The van der Waals surface area contributed by atoms with Gasteiger partial charge in [0, 0.05) is 36.5 Å². The van der Waals surface area contributed by atoms with Crippen LogP contribution in [-0.4, -0.2) is 50.9 Å². The van der Waals surface area contributed by atoms with Crippen LogP contribution in [0.2, 0.25) is 0 Å². The third-order valence-corrected chi connectivity index (χ3v) is 7.28. The van der Waals surface area contributed by atoms with Crippen LogP contribution in [-0.2, 0) is 16.4 Å². The topological polar surface area (TPSA) is 61.8 Å². The summed E-state index contributed by atoms with van der Waals surface area (Å²) in [6, 6.07) is 17.5. The molecule has 1 N–H and O–H groups in total. The second kappa shape index (κ2) is 10.2. The highest BCUT2D eigenvalue weighted by Gasteiger charge is 2.24. The van der Waals surface area contributed by atoms with Crippen LogP contribution in [0.4, 0.5) is 0 Å². The van der Waals surface area contributed by atoms with Crippen LogP contribution in [0.1, 0.15) is 18.9 Å². The van der Waals surface area contributed by atoms with E-state index in [1.807, 2.05) is 23.9 Å². The van der Waals surface area contributed by atoms with Crippen LogP contribution in [0.15, 0.2) is 69.4 Å². The average Bonchev–Trinajstić information content (AvgIpc) is 3.19. The van der Waals surface area contributed by atoms with E-state index >= 15 is 0 Å². The van der Waals surface area contributed by atoms with Crippen molar-refractivity contribution in [2.45, 2.75) is 29.7 Å². The van der Waals surface area contributed by atoms with Crippen molar-refractivity contribution >= 4 is 27.6 Å². The number of sulfone groups is 1. The van der Waals surface area contributed by atoms with Crippen LogP contribution >= 0.6 is 11.8 Å². The van der Waals surface area contributed by atoms with Gasteiger partial charge in [-0.3, -0.25) is 0 Å². The Labute approximate surface area is 178 Å². The molecular weight excluding hydrogens is 402 g/mol. The summed E-state index contributed by atoms with van der Waals surface area (Å²) in [7, 11) is -3.16. The molecule has 29 heavy (non-hydrogen) atoms. The van der Waals surface area contributed by atoms with Crippen LogP contribution < -0.4 is 5.32 Å². The Morgan fingerprint density at radius 1 is 1.17 bits per heavy atom. The van der Waals surface area contributed by atoms with E-state index in [2.05, 4.69) is 47.5 Å². The van der Waals surface area contributed by atoms with Gasteiger partial charge >= 0.3 is 0 Å². The molecule has 1 heterocycles. The Kier molecular flexibility index (Phi) is 7.61. The van der Waals surface area contributed by atoms with Gasteiger partial charge in [0.2, 0.25) is 0 Å². The Morgan fingerprint density at radius 2 is 1.90 bits per heavy atom. The Morgan fingerprint density at radius 3 is 2.55 bits per heavy atom. The molecule has 2 aromatic carbocycles. The van der Waals surface area contributed by atoms with Gasteiger partial charge in [0.15, 0.2) is 15.8 Å². The van der Waals surface area contributed by atoms with E-state index in [0.29, 0.717) is 17.4 Å². The zero-order chi connectivity index (χ0) is 20.7. The van der Waals surface area contributed by atoms with Crippen LogP contribution in [0.5, 0.6) is 0 Å². The van der Waals surface area contributed by atoms with E-state index in [1.165, 1.54) is 17.6 Å². The molecule has 0 saturated carbocycles. The maximum Gasteiger partial charge on any atom is 0.194 e. The normalized spacial score (nSPS) is 17.5. The minimum Gasteiger partial charge on any atom is -0.357 e. The van der Waals surface area contributed by atoms with Gasteiger partial charge in [-0.1, -0.05) is 30.3 Å². The molecule has 0 radical (unpaired) electrons. The lowest BCUT2D eigenvalue weighted by molar-refractivity contribution is 0.474. The molecule has 0 amide bonds. The lowest BCUT2D eigenvalue weighted by atomic mass is 10.2. The molecule has 0 spiro atoms. The summed E-state index contributed by atoms with van der Waals surface area (Å²) >= 11 is 1.92. The maximum atomic E-state index is 11.6. The third-order valence-electron chi connectivity index (χ3n) is 4.91. The van der Waals surface area contributed by atoms with Gasteiger partial charge in [0.1, 0.15) is 0 Å². The minimum absolute atomic E-state index is 0.343. The number of benzene rings is 2. The van der Waals surface area contributed by atoms with Crippen molar-refractivity contribution in [1.82, 2.24) is 10.2 Å². The molecule has 2 aromatic rings. The first-order valence-electron chi connectivity index (χ1n) is 9.96. The number of nitrogens with one attached hydrogen (secondary N) is 1. The van der Waals surface area contributed by atoms with Crippen molar-refractivity contribution in [3.05, 3.63) is 60.2 Å². The van der Waals surface area contributed by atoms with Crippen LogP contribution in [0.3, 0.4) is 0 Å². The largest absolute Gasteiger partial charge is 0.357 e. The first-order chi connectivity index (χ1) is 14.0. The highest BCUT2D eigenvalue weighted by atomic mass is 32.2. The predicted molar refractivity (Wildman–Crippen MR) is 121 cm³/mol. The highest BCUT2D eigenvalue weighted by Crippen LogP contribution is 2.26. The fraction of sp³-hybridized carbons (Fsp3) is 0.409. The maximum absolute atomic E-state index is 11.6. The molecule has 0 bridgehead atoms. The smallest absolute Gasteiger partial charge is 0.194 e. The zero-order valence-electron chi connectivity index (χ0n) is 17.0. The Balaban J connectivity index is 1.57. The predicted octanol–water partition coefficient (Wildman–Crippen LogP) is 3.67. The van der Waals surface area contributed by atoms with Crippen molar-refractivity contribution in [2.75, 3.05) is 31.6 Å². The highest BCUT2D eigenvalue weighted by molar-refractivity contribution is 7.99. The standard InChI is InChI=1S/C22H29N3O2S2/c1-3-23-22(24-15-18-9-11-21(12-10-18)29(2,26)27)25-14-13-19(16-25)17-28-20-7-5-4-6-8-20/h4-12,19H,3,13-17H2,1-2H3,(H,23,24). The molecule has 0 aliphatic carbocycles. The number of rotatable bonds is 7. The van der Waals surface area contributed by atoms with Gasteiger partial charge in [-0.25, -0.2) is 13.4 Å². The summed E-state index contributed by atoms with van der Waals surface area (Å²) in [5.41, 5.74) is 1.00. The van der Waals surface area contributed by atoms with Crippen molar-refractivity contribution in [2.24, 2.45) is 10.9 Å². The lowest BCUT2D eigenvalue weighted by Gasteiger charge is -2.21. The SMILES string of the molecule is CCNC(=NCc1ccc(S(C)(=O)=O)cc1)N1CCC(CSc2ccccc2)C1. The summed E-state index contributed by atoms with van der Waals surface area (Å²) in [6.07, 6.45) is 2.40. The molecule has 0 aromatic heterocycles. The van der Waals surface area contributed by atoms with Gasteiger partial charge in [-0.15, -0.1) is 11.8 Å². The summed E-state index contributed by atoms with van der Waals surface area (Å²) < 4.78 is 23.2. The second-order valence-corrected chi connectivity index (χ2v) is 10.4. The molecule has 1 aliphatic heterocycles. The second-order valence-electron chi connectivity index (χ2n) is 7.31. The number of thioether (sulfide) groups is 1. The van der Waals surface area contributed by atoms with Crippen molar-refractivity contribution < 1.29 is 8.42 Å². The molecule has 1 aliphatic rings. The molecule has 156 valence electrons. The van der Waals surface area contributed by atoms with Crippen molar-refractivity contribution in [1.29, 1.82) is 0 Å². The van der Waals surface area contributed by atoms with Gasteiger partial charge in [-0.2, -0.15) is 0 Å². The lowest BCUT2D eigenvalue weighted by Crippen LogP contribution is -2.40. The quantitative estimate of drug-likeness (QED) is 0.412. The number of hydrogen-bond acceptors (Lipinski definition) is 4. The average molecular weight is 432 g/mol. The van der Waals surface area contributed by atoms with E-state index in [4.69, 9.17) is 4.99 Å². The fourth-order valence-electron chi connectivity index (χ4n) is 3.33. The Bertz CT molecular complexity index is 913. The number of guanidine groups is 1. The molecule has 1 unspecified atom stereocenters.